The minimum Gasteiger partial charge on any atom is -0.464 e. The summed E-state index contributed by atoms with van der Waals surface area (Å²) in [4.78, 5) is 13.6. The van der Waals surface area contributed by atoms with Gasteiger partial charge in [-0.3, -0.25) is 0 Å². The highest BCUT2D eigenvalue weighted by atomic mass is 16.5. The van der Waals surface area contributed by atoms with E-state index in [4.69, 9.17) is 0 Å². The van der Waals surface area contributed by atoms with E-state index in [0.717, 1.165) is 18.9 Å². The molecule has 2 heterocycles. The molecule has 20 heavy (non-hydrogen) atoms. The van der Waals surface area contributed by atoms with E-state index in [1.807, 2.05) is 6.07 Å². The van der Waals surface area contributed by atoms with Crippen molar-refractivity contribution in [1.82, 2.24) is 15.5 Å². The Labute approximate surface area is 119 Å². The van der Waals surface area contributed by atoms with Gasteiger partial charge in [-0.05, 0) is 45.4 Å². The number of methoxy groups -OCH3 is 1. The van der Waals surface area contributed by atoms with Crippen molar-refractivity contribution in [3.8, 4) is 0 Å². The number of esters is 1. The van der Waals surface area contributed by atoms with Gasteiger partial charge < -0.3 is 15.0 Å². The van der Waals surface area contributed by atoms with Gasteiger partial charge in [0.25, 0.3) is 0 Å². The van der Waals surface area contributed by atoms with Crippen LogP contribution in [-0.4, -0.2) is 48.4 Å². The zero-order chi connectivity index (χ0) is 14.5. The number of nitrogens with one attached hydrogen (secondary N) is 1. The van der Waals surface area contributed by atoms with Gasteiger partial charge in [0.05, 0.1) is 7.11 Å². The monoisotopic (exact) mass is 278 g/mol. The number of carbonyl (C=O) groups excluding carboxylic acids is 1. The van der Waals surface area contributed by atoms with Crippen molar-refractivity contribution >= 4 is 11.8 Å². The molecule has 1 aliphatic heterocycles. The highest BCUT2D eigenvalue weighted by Crippen LogP contribution is 2.16. The maximum Gasteiger partial charge on any atom is 0.358 e. The zero-order valence-corrected chi connectivity index (χ0v) is 12.3. The Morgan fingerprint density at radius 2 is 2.30 bits per heavy atom. The number of ether oxygens (including phenoxy) is 1. The van der Waals surface area contributed by atoms with Gasteiger partial charge in [-0.1, -0.05) is 0 Å². The summed E-state index contributed by atoms with van der Waals surface area (Å²) in [5.74, 6) is 0.332. The van der Waals surface area contributed by atoms with Crippen molar-refractivity contribution in [1.29, 1.82) is 0 Å². The molecule has 1 atom stereocenters. The molecule has 1 aliphatic rings. The standard InChI is InChI=1S/C14H22N4O2/c1-10(2)18(9-11-5-4-8-15-11)13-7-6-12(16-17-13)14(19)20-3/h6-7,10-11,15H,4-5,8-9H2,1-3H3. The van der Waals surface area contributed by atoms with E-state index in [2.05, 4.69) is 39.0 Å². The van der Waals surface area contributed by atoms with E-state index in [-0.39, 0.29) is 5.69 Å². The molecular weight excluding hydrogens is 256 g/mol. The Balaban J connectivity index is 2.10. The summed E-state index contributed by atoms with van der Waals surface area (Å²) < 4.78 is 4.63. The molecule has 1 N–H and O–H groups in total. The number of hydrogen-bond acceptors (Lipinski definition) is 6. The summed E-state index contributed by atoms with van der Waals surface area (Å²) in [6, 6.07) is 4.31. The SMILES string of the molecule is COC(=O)c1ccc(N(CC2CCCN2)C(C)C)nn1. The molecule has 1 aromatic heterocycles. The Kier molecular flexibility index (Phi) is 4.89. The van der Waals surface area contributed by atoms with Crippen molar-refractivity contribution in [2.45, 2.75) is 38.8 Å². The highest BCUT2D eigenvalue weighted by Gasteiger charge is 2.21. The number of nitrogens with zero attached hydrogens (tertiary/aromatic N) is 3. The summed E-state index contributed by atoms with van der Waals surface area (Å²) >= 11 is 0. The second kappa shape index (κ2) is 6.65. The van der Waals surface area contributed by atoms with Gasteiger partial charge >= 0.3 is 5.97 Å². The van der Waals surface area contributed by atoms with Crippen molar-refractivity contribution < 1.29 is 9.53 Å². The normalized spacial score (nSPS) is 18.3. The van der Waals surface area contributed by atoms with Crippen LogP contribution in [0.2, 0.25) is 0 Å². The van der Waals surface area contributed by atoms with Crippen LogP contribution >= 0.6 is 0 Å². The Morgan fingerprint density at radius 1 is 1.50 bits per heavy atom. The molecule has 0 bridgehead atoms. The van der Waals surface area contributed by atoms with Crippen LogP contribution < -0.4 is 10.2 Å². The molecule has 1 fully saturated rings. The summed E-state index contributed by atoms with van der Waals surface area (Å²) in [6.45, 7) is 6.25. The second-order valence-electron chi connectivity index (χ2n) is 5.31. The summed E-state index contributed by atoms with van der Waals surface area (Å²) in [7, 11) is 1.34. The second-order valence-corrected chi connectivity index (χ2v) is 5.31. The number of carbonyl (C=O) groups is 1. The van der Waals surface area contributed by atoms with Crippen molar-refractivity contribution in [2.24, 2.45) is 0 Å². The smallest absolute Gasteiger partial charge is 0.358 e. The van der Waals surface area contributed by atoms with Gasteiger partial charge in [0, 0.05) is 18.6 Å². The van der Waals surface area contributed by atoms with Crippen LogP contribution in [0.5, 0.6) is 0 Å². The summed E-state index contributed by atoms with van der Waals surface area (Å²) in [5.41, 5.74) is 0.235. The number of anilines is 1. The fourth-order valence-corrected chi connectivity index (χ4v) is 2.41. The number of rotatable bonds is 5. The van der Waals surface area contributed by atoms with E-state index < -0.39 is 5.97 Å². The number of hydrogen-bond donors (Lipinski definition) is 1. The van der Waals surface area contributed by atoms with Gasteiger partial charge in [0.15, 0.2) is 11.5 Å². The maximum atomic E-state index is 11.4. The lowest BCUT2D eigenvalue weighted by molar-refractivity contribution is 0.0592. The number of aromatic nitrogens is 2. The molecule has 0 spiro atoms. The predicted molar refractivity (Wildman–Crippen MR) is 76.9 cm³/mol. The van der Waals surface area contributed by atoms with Crippen molar-refractivity contribution in [2.75, 3.05) is 25.1 Å². The maximum absolute atomic E-state index is 11.4. The molecule has 0 saturated carbocycles. The largest absolute Gasteiger partial charge is 0.464 e. The first-order chi connectivity index (χ1) is 9.61. The molecule has 0 aromatic carbocycles. The Bertz CT molecular complexity index is 441. The van der Waals surface area contributed by atoms with Gasteiger partial charge in [0.1, 0.15) is 0 Å². The van der Waals surface area contributed by atoms with E-state index >= 15 is 0 Å². The van der Waals surface area contributed by atoms with E-state index in [0.29, 0.717) is 12.1 Å². The van der Waals surface area contributed by atoms with Gasteiger partial charge in [0.2, 0.25) is 0 Å². The summed E-state index contributed by atoms with van der Waals surface area (Å²) in [5, 5.41) is 11.6. The molecule has 2 rings (SSSR count). The van der Waals surface area contributed by atoms with E-state index in [9.17, 15) is 4.79 Å². The lowest BCUT2D eigenvalue weighted by Gasteiger charge is -2.30. The lowest BCUT2D eigenvalue weighted by atomic mass is 10.2. The van der Waals surface area contributed by atoms with Crippen LogP contribution in [0.15, 0.2) is 12.1 Å². The molecule has 0 amide bonds. The first kappa shape index (κ1) is 14.7. The first-order valence-corrected chi connectivity index (χ1v) is 7.04. The predicted octanol–water partition coefficient (Wildman–Crippen LogP) is 1.23. The summed E-state index contributed by atoms with van der Waals surface area (Å²) in [6.07, 6.45) is 2.42. The fourth-order valence-electron chi connectivity index (χ4n) is 2.41. The van der Waals surface area contributed by atoms with Crippen LogP contribution in [0.25, 0.3) is 0 Å². The zero-order valence-electron chi connectivity index (χ0n) is 12.3. The van der Waals surface area contributed by atoms with E-state index in [1.165, 1.54) is 20.0 Å². The van der Waals surface area contributed by atoms with E-state index in [1.54, 1.807) is 6.07 Å². The van der Waals surface area contributed by atoms with Gasteiger partial charge in [-0.15, -0.1) is 10.2 Å². The quantitative estimate of drug-likeness (QED) is 0.817. The molecule has 1 aromatic rings. The first-order valence-electron chi connectivity index (χ1n) is 7.04. The van der Waals surface area contributed by atoms with Crippen LogP contribution in [0.4, 0.5) is 5.82 Å². The molecule has 110 valence electrons. The van der Waals surface area contributed by atoms with Crippen molar-refractivity contribution in [3.05, 3.63) is 17.8 Å². The fraction of sp³-hybridized carbons (Fsp3) is 0.643. The third-order valence-electron chi connectivity index (χ3n) is 3.54. The van der Waals surface area contributed by atoms with Crippen LogP contribution in [-0.2, 0) is 4.74 Å². The molecule has 1 unspecified atom stereocenters. The lowest BCUT2D eigenvalue weighted by Crippen LogP contribution is -2.42. The molecule has 6 heteroatoms. The molecular formula is C14H22N4O2. The Hall–Kier alpha value is -1.69. The van der Waals surface area contributed by atoms with Crippen molar-refractivity contribution in [3.63, 3.8) is 0 Å². The van der Waals surface area contributed by atoms with Crippen LogP contribution in [0.3, 0.4) is 0 Å². The third kappa shape index (κ3) is 3.45. The third-order valence-corrected chi connectivity index (χ3v) is 3.54. The van der Waals surface area contributed by atoms with Crippen LogP contribution in [0, 0.1) is 0 Å². The van der Waals surface area contributed by atoms with Crippen LogP contribution in [0.1, 0.15) is 37.2 Å². The average molecular weight is 278 g/mol. The minimum atomic E-state index is -0.461. The van der Waals surface area contributed by atoms with Gasteiger partial charge in [-0.25, -0.2) is 4.79 Å². The molecule has 1 saturated heterocycles. The highest BCUT2D eigenvalue weighted by molar-refractivity contribution is 5.86. The van der Waals surface area contributed by atoms with Gasteiger partial charge in [-0.2, -0.15) is 0 Å². The Morgan fingerprint density at radius 3 is 2.80 bits per heavy atom. The molecule has 6 nitrogen and oxygen atoms in total. The average Bonchev–Trinajstić information content (AvgIpc) is 2.97. The minimum absolute atomic E-state index is 0.235. The molecule has 0 radical (unpaired) electrons. The molecule has 0 aliphatic carbocycles. The topological polar surface area (TPSA) is 67.3 Å².